The SMILES string of the molecule is NCc1ncc(-c2ccc3c(c2)OCCO3)s1. The Bertz CT molecular complexity index is 539. The minimum Gasteiger partial charge on any atom is -0.486 e. The number of aromatic nitrogens is 1. The summed E-state index contributed by atoms with van der Waals surface area (Å²) < 4.78 is 11.0. The van der Waals surface area contributed by atoms with Crippen LogP contribution in [0.2, 0.25) is 0 Å². The second-order valence-corrected chi connectivity index (χ2v) is 4.80. The third-order valence-corrected chi connectivity index (χ3v) is 3.62. The summed E-state index contributed by atoms with van der Waals surface area (Å²) in [4.78, 5) is 5.34. The lowest BCUT2D eigenvalue weighted by atomic mass is 10.2. The molecule has 1 aromatic carbocycles. The van der Waals surface area contributed by atoms with Crippen LogP contribution in [0.3, 0.4) is 0 Å². The molecule has 0 fully saturated rings. The highest BCUT2D eigenvalue weighted by atomic mass is 32.1. The Kier molecular flexibility index (Phi) is 2.70. The molecule has 88 valence electrons. The number of hydrogen-bond acceptors (Lipinski definition) is 5. The number of thiazole rings is 1. The summed E-state index contributed by atoms with van der Waals surface area (Å²) >= 11 is 1.60. The average Bonchev–Trinajstić information content (AvgIpc) is 2.87. The van der Waals surface area contributed by atoms with Gasteiger partial charge < -0.3 is 15.2 Å². The van der Waals surface area contributed by atoms with Gasteiger partial charge in [-0.2, -0.15) is 0 Å². The van der Waals surface area contributed by atoms with E-state index in [1.54, 1.807) is 11.3 Å². The normalized spacial score (nSPS) is 13.7. The largest absolute Gasteiger partial charge is 0.486 e. The van der Waals surface area contributed by atoms with E-state index in [0.717, 1.165) is 26.9 Å². The van der Waals surface area contributed by atoms with Gasteiger partial charge in [-0.25, -0.2) is 4.98 Å². The lowest BCUT2D eigenvalue weighted by Crippen LogP contribution is -2.15. The van der Waals surface area contributed by atoms with Gasteiger partial charge in [-0.1, -0.05) is 0 Å². The first-order chi connectivity index (χ1) is 8.36. The summed E-state index contributed by atoms with van der Waals surface area (Å²) in [6.45, 7) is 1.70. The number of hydrogen-bond donors (Lipinski definition) is 1. The predicted octanol–water partition coefficient (Wildman–Crippen LogP) is 2.04. The van der Waals surface area contributed by atoms with Gasteiger partial charge in [0.25, 0.3) is 0 Å². The maximum atomic E-state index is 5.56. The van der Waals surface area contributed by atoms with Gasteiger partial charge in [0, 0.05) is 12.7 Å². The zero-order chi connectivity index (χ0) is 11.7. The summed E-state index contributed by atoms with van der Waals surface area (Å²) in [5.74, 6) is 1.61. The van der Waals surface area contributed by atoms with E-state index in [4.69, 9.17) is 15.2 Å². The molecule has 3 rings (SSSR count). The Morgan fingerprint density at radius 3 is 2.82 bits per heavy atom. The Labute approximate surface area is 103 Å². The molecule has 17 heavy (non-hydrogen) atoms. The zero-order valence-corrected chi connectivity index (χ0v) is 10.00. The van der Waals surface area contributed by atoms with E-state index in [1.165, 1.54) is 0 Å². The molecule has 0 amide bonds. The highest BCUT2D eigenvalue weighted by Crippen LogP contribution is 2.36. The van der Waals surface area contributed by atoms with Gasteiger partial charge in [-0.3, -0.25) is 0 Å². The molecule has 1 aliphatic heterocycles. The predicted molar refractivity (Wildman–Crippen MR) is 66.4 cm³/mol. The van der Waals surface area contributed by atoms with Gasteiger partial charge in [-0.05, 0) is 23.8 Å². The van der Waals surface area contributed by atoms with Crippen molar-refractivity contribution in [1.29, 1.82) is 0 Å². The van der Waals surface area contributed by atoms with Crippen molar-refractivity contribution >= 4 is 11.3 Å². The maximum Gasteiger partial charge on any atom is 0.162 e. The Morgan fingerprint density at radius 1 is 1.24 bits per heavy atom. The fourth-order valence-electron chi connectivity index (χ4n) is 1.73. The van der Waals surface area contributed by atoms with Crippen LogP contribution in [0.5, 0.6) is 11.5 Å². The molecule has 0 saturated carbocycles. The Hall–Kier alpha value is -1.59. The maximum absolute atomic E-state index is 5.56. The van der Waals surface area contributed by atoms with E-state index >= 15 is 0 Å². The van der Waals surface area contributed by atoms with Gasteiger partial charge in [0.15, 0.2) is 11.5 Å². The van der Waals surface area contributed by atoms with Crippen LogP contribution in [0.1, 0.15) is 5.01 Å². The summed E-state index contributed by atoms with van der Waals surface area (Å²) in [6.07, 6.45) is 1.85. The highest BCUT2D eigenvalue weighted by molar-refractivity contribution is 7.15. The molecule has 0 aliphatic carbocycles. The summed E-state index contributed by atoms with van der Waals surface area (Å²) in [6, 6.07) is 5.94. The van der Waals surface area contributed by atoms with E-state index in [-0.39, 0.29) is 0 Å². The first-order valence-electron chi connectivity index (χ1n) is 5.41. The van der Waals surface area contributed by atoms with Crippen molar-refractivity contribution in [3.63, 3.8) is 0 Å². The first kappa shape index (κ1) is 10.6. The molecule has 1 aliphatic rings. The summed E-state index contributed by atoms with van der Waals surface area (Å²) in [5, 5.41) is 0.940. The zero-order valence-electron chi connectivity index (χ0n) is 9.18. The van der Waals surface area contributed by atoms with Crippen molar-refractivity contribution in [2.24, 2.45) is 5.73 Å². The summed E-state index contributed by atoms with van der Waals surface area (Å²) in [5.41, 5.74) is 6.64. The summed E-state index contributed by atoms with van der Waals surface area (Å²) in [7, 11) is 0. The second kappa shape index (κ2) is 4.35. The molecule has 0 atom stereocenters. The number of nitrogens with zero attached hydrogens (tertiary/aromatic N) is 1. The van der Waals surface area contributed by atoms with Crippen LogP contribution in [-0.4, -0.2) is 18.2 Å². The lowest BCUT2D eigenvalue weighted by molar-refractivity contribution is 0.171. The van der Waals surface area contributed by atoms with E-state index in [1.807, 2.05) is 24.4 Å². The van der Waals surface area contributed by atoms with Crippen LogP contribution in [0.4, 0.5) is 0 Å². The number of fused-ring (bicyclic) bond motifs is 1. The molecule has 5 heteroatoms. The molecule has 1 aromatic heterocycles. The van der Waals surface area contributed by atoms with Gasteiger partial charge in [-0.15, -0.1) is 11.3 Å². The van der Waals surface area contributed by atoms with Crippen LogP contribution in [-0.2, 0) is 6.54 Å². The molecule has 0 saturated heterocycles. The van der Waals surface area contributed by atoms with E-state index in [2.05, 4.69) is 4.98 Å². The quantitative estimate of drug-likeness (QED) is 0.883. The third kappa shape index (κ3) is 1.99. The molecule has 0 radical (unpaired) electrons. The van der Waals surface area contributed by atoms with Crippen molar-refractivity contribution in [2.75, 3.05) is 13.2 Å². The standard InChI is InChI=1S/C12H12N2O2S/c13-6-12-14-7-11(17-12)8-1-2-9-10(5-8)16-4-3-15-9/h1-2,5,7H,3-4,6,13H2. The highest BCUT2D eigenvalue weighted by Gasteiger charge is 2.13. The van der Waals surface area contributed by atoms with Crippen molar-refractivity contribution in [1.82, 2.24) is 4.98 Å². The van der Waals surface area contributed by atoms with Crippen LogP contribution >= 0.6 is 11.3 Å². The lowest BCUT2D eigenvalue weighted by Gasteiger charge is -2.18. The molecule has 0 unspecified atom stereocenters. The minimum atomic E-state index is 0.481. The topological polar surface area (TPSA) is 57.4 Å². The van der Waals surface area contributed by atoms with Crippen LogP contribution in [0.15, 0.2) is 24.4 Å². The smallest absolute Gasteiger partial charge is 0.162 e. The monoisotopic (exact) mass is 248 g/mol. The fraction of sp³-hybridized carbons (Fsp3) is 0.250. The number of ether oxygens (including phenoxy) is 2. The number of benzene rings is 1. The average molecular weight is 248 g/mol. The molecule has 2 heterocycles. The van der Waals surface area contributed by atoms with Crippen molar-refractivity contribution in [3.8, 4) is 21.9 Å². The molecule has 2 aromatic rings. The molecule has 0 spiro atoms. The molecule has 2 N–H and O–H groups in total. The van der Waals surface area contributed by atoms with Crippen molar-refractivity contribution < 1.29 is 9.47 Å². The Balaban J connectivity index is 1.97. The molecule has 4 nitrogen and oxygen atoms in total. The van der Waals surface area contributed by atoms with E-state index < -0.39 is 0 Å². The van der Waals surface area contributed by atoms with Gasteiger partial charge in [0.1, 0.15) is 18.2 Å². The van der Waals surface area contributed by atoms with Crippen molar-refractivity contribution in [2.45, 2.75) is 6.54 Å². The van der Waals surface area contributed by atoms with Gasteiger partial charge >= 0.3 is 0 Å². The Morgan fingerprint density at radius 2 is 2.06 bits per heavy atom. The first-order valence-corrected chi connectivity index (χ1v) is 6.23. The van der Waals surface area contributed by atoms with Gasteiger partial charge in [0.05, 0.1) is 4.88 Å². The number of nitrogens with two attached hydrogens (primary N) is 1. The van der Waals surface area contributed by atoms with Crippen LogP contribution in [0, 0.1) is 0 Å². The molecular formula is C12H12N2O2S. The number of rotatable bonds is 2. The molecule has 0 bridgehead atoms. The minimum absolute atomic E-state index is 0.481. The van der Waals surface area contributed by atoms with Crippen LogP contribution < -0.4 is 15.2 Å². The van der Waals surface area contributed by atoms with Crippen LogP contribution in [0.25, 0.3) is 10.4 Å². The third-order valence-electron chi connectivity index (χ3n) is 2.55. The van der Waals surface area contributed by atoms with Crippen molar-refractivity contribution in [3.05, 3.63) is 29.4 Å². The fourth-order valence-corrected chi connectivity index (χ4v) is 2.53. The molecular weight excluding hydrogens is 236 g/mol. The van der Waals surface area contributed by atoms with E-state index in [0.29, 0.717) is 19.8 Å². The second-order valence-electron chi connectivity index (χ2n) is 3.68. The van der Waals surface area contributed by atoms with Gasteiger partial charge in [0.2, 0.25) is 0 Å². The van der Waals surface area contributed by atoms with E-state index in [9.17, 15) is 0 Å².